The zero-order valence-electron chi connectivity index (χ0n) is 9.16. The first kappa shape index (κ1) is 11.7. The first-order valence-corrected chi connectivity index (χ1v) is 5.12. The molecule has 0 fully saturated rings. The molecule has 80 valence electrons. The predicted molar refractivity (Wildman–Crippen MR) is 68.3 cm³/mol. The van der Waals surface area contributed by atoms with Crippen LogP contribution in [0.15, 0.2) is 23.3 Å². The summed E-state index contributed by atoms with van der Waals surface area (Å²) in [5.74, 6) is 0. The lowest BCUT2D eigenvalue weighted by molar-refractivity contribution is 0.981. The molecule has 0 heterocycles. The molecule has 0 bridgehead atoms. The van der Waals surface area contributed by atoms with Crippen molar-refractivity contribution in [2.45, 2.75) is 13.8 Å². The van der Waals surface area contributed by atoms with E-state index in [-0.39, 0.29) is 0 Å². The van der Waals surface area contributed by atoms with Crippen molar-refractivity contribution >= 4 is 23.5 Å². The van der Waals surface area contributed by atoms with Gasteiger partial charge in [0, 0.05) is 7.05 Å². The van der Waals surface area contributed by atoms with E-state index >= 15 is 0 Å². The summed E-state index contributed by atoms with van der Waals surface area (Å²) in [5.41, 5.74) is 6.26. The van der Waals surface area contributed by atoms with E-state index in [1.54, 1.807) is 13.3 Å². The van der Waals surface area contributed by atoms with Crippen molar-refractivity contribution in [3.8, 4) is 0 Å². The molecule has 0 aliphatic carbocycles. The maximum absolute atomic E-state index is 4.89. The second-order valence-electron chi connectivity index (χ2n) is 3.31. The van der Waals surface area contributed by atoms with Crippen LogP contribution in [0.3, 0.4) is 0 Å². The lowest BCUT2D eigenvalue weighted by Crippen LogP contribution is -2.28. The summed E-state index contributed by atoms with van der Waals surface area (Å²) in [5, 5.41) is 7.32. The molecule has 15 heavy (non-hydrogen) atoms. The second-order valence-corrected chi connectivity index (χ2v) is 3.72. The highest BCUT2D eigenvalue weighted by atomic mass is 32.1. The highest BCUT2D eigenvalue weighted by molar-refractivity contribution is 7.80. The van der Waals surface area contributed by atoms with Gasteiger partial charge in [-0.15, -0.1) is 0 Å². The second kappa shape index (κ2) is 5.46. The van der Waals surface area contributed by atoms with E-state index in [9.17, 15) is 0 Å². The summed E-state index contributed by atoms with van der Waals surface area (Å²) < 4.78 is 0. The summed E-state index contributed by atoms with van der Waals surface area (Å²) in [6, 6.07) is 6.22. The minimum atomic E-state index is 0.510. The van der Waals surface area contributed by atoms with Gasteiger partial charge in [0.1, 0.15) is 0 Å². The van der Waals surface area contributed by atoms with Gasteiger partial charge in [-0.3, -0.25) is 5.43 Å². The van der Waals surface area contributed by atoms with E-state index in [4.69, 9.17) is 12.2 Å². The number of hydrazone groups is 1. The van der Waals surface area contributed by atoms with Crippen molar-refractivity contribution in [1.29, 1.82) is 0 Å². The lowest BCUT2D eigenvalue weighted by atomic mass is 10.1. The maximum Gasteiger partial charge on any atom is 0.186 e. The normalized spacial score (nSPS) is 10.3. The highest BCUT2D eigenvalue weighted by Gasteiger charge is 1.94. The lowest BCUT2D eigenvalue weighted by Gasteiger charge is -2.02. The minimum absolute atomic E-state index is 0.510. The Morgan fingerprint density at radius 1 is 1.40 bits per heavy atom. The molecule has 0 unspecified atom stereocenters. The van der Waals surface area contributed by atoms with Gasteiger partial charge in [0.15, 0.2) is 5.11 Å². The van der Waals surface area contributed by atoms with Crippen LogP contribution in [0.5, 0.6) is 0 Å². The van der Waals surface area contributed by atoms with E-state index in [0.29, 0.717) is 5.11 Å². The number of rotatable bonds is 2. The molecule has 0 saturated heterocycles. The number of nitrogens with zero attached hydrogens (tertiary/aromatic N) is 1. The average molecular weight is 221 g/mol. The third kappa shape index (κ3) is 3.67. The van der Waals surface area contributed by atoms with Gasteiger partial charge in [0.05, 0.1) is 6.21 Å². The molecule has 0 aliphatic rings. The summed E-state index contributed by atoms with van der Waals surface area (Å²) in [7, 11) is 1.75. The molecule has 0 aliphatic heterocycles. The van der Waals surface area contributed by atoms with Gasteiger partial charge < -0.3 is 5.32 Å². The Morgan fingerprint density at radius 2 is 2.13 bits per heavy atom. The Hall–Kier alpha value is -1.42. The van der Waals surface area contributed by atoms with Crippen molar-refractivity contribution in [3.05, 3.63) is 34.9 Å². The Kier molecular flexibility index (Phi) is 4.24. The zero-order chi connectivity index (χ0) is 11.3. The van der Waals surface area contributed by atoms with Crippen LogP contribution in [0.25, 0.3) is 0 Å². The van der Waals surface area contributed by atoms with Crippen LogP contribution in [0.2, 0.25) is 0 Å². The molecule has 0 aromatic heterocycles. The molecule has 0 atom stereocenters. The van der Waals surface area contributed by atoms with Gasteiger partial charge >= 0.3 is 0 Å². The van der Waals surface area contributed by atoms with Crippen LogP contribution < -0.4 is 10.7 Å². The van der Waals surface area contributed by atoms with Crippen LogP contribution in [0.4, 0.5) is 0 Å². The van der Waals surface area contributed by atoms with Crippen LogP contribution in [-0.4, -0.2) is 18.4 Å². The molecule has 0 radical (unpaired) electrons. The minimum Gasteiger partial charge on any atom is -0.364 e. The Balaban J connectivity index is 2.68. The van der Waals surface area contributed by atoms with E-state index < -0.39 is 0 Å². The Labute approximate surface area is 95.6 Å². The van der Waals surface area contributed by atoms with Crippen molar-refractivity contribution in [1.82, 2.24) is 10.7 Å². The average Bonchev–Trinajstić information content (AvgIpc) is 2.21. The molecular formula is C11H15N3S. The molecule has 3 nitrogen and oxygen atoms in total. The van der Waals surface area contributed by atoms with E-state index in [0.717, 1.165) is 5.56 Å². The number of thiocarbonyl (C=S) groups is 1. The molecule has 0 saturated carbocycles. The van der Waals surface area contributed by atoms with Crippen LogP contribution >= 0.6 is 12.2 Å². The summed E-state index contributed by atoms with van der Waals surface area (Å²) in [6.45, 7) is 4.13. The summed E-state index contributed by atoms with van der Waals surface area (Å²) in [6.07, 6.45) is 1.76. The summed E-state index contributed by atoms with van der Waals surface area (Å²) >= 11 is 4.89. The number of aryl methyl sites for hydroxylation is 2. The largest absolute Gasteiger partial charge is 0.364 e. The van der Waals surface area contributed by atoms with Gasteiger partial charge in [-0.05, 0) is 37.2 Å². The van der Waals surface area contributed by atoms with Crippen molar-refractivity contribution in [2.75, 3.05) is 7.05 Å². The smallest absolute Gasteiger partial charge is 0.186 e. The third-order valence-electron chi connectivity index (χ3n) is 2.02. The van der Waals surface area contributed by atoms with Gasteiger partial charge in [-0.1, -0.05) is 23.8 Å². The monoisotopic (exact) mass is 221 g/mol. The Morgan fingerprint density at radius 3 is 2.73 bits per heavy atom. The Bertz CT molecular complexity index is 385. The fraction of sp³-hybridized carbons (Fsp3) is 0.273. The van der Waals surface area contributed by atoms with Gasteiger partial charge in [-0.2, -0.15) is 5.10 Å². The van der Waals surface area contributed by atoms with Crippen molar-refractivity contribution in [2.24, 2.45) is 5.10 Å². The molecule has 0 spiro atoms. The first-order chi connectivity index (χ1) is 7.13. The maximum atomic E-state index is 4.89. The number of benzene rings is 1. The first-order valence-electron chi connectivity index (χ1n) is 4.71. The van der Waals surface area contributed by atoms with E-state index in [1.165, 1.54) is 11.1 Å². The summed E-state index contributed by atoms with van der Waals surface area (Å²) in [4.78, 5) is 0. The van der Waals surface area contributed by atoms with E-state index in [1.807, 2.05) is 6.07 Å². The molecule has 1 aromatic carbocycles. The fourth-order valence-electron chi connectivity index (χ4n) is 1.19. The quantitative estimate of drug-likeness (QED) is 0.453. The molecule has 2 N–H and O–H groups in total. The number of nitrogens with one attached hydrogen (secondary N) is 2. The number of hydrogen-bond donors (Lipinski definition) is 2. The van der Waals surface area contributed by atoms with E-state index in [2.05, 4.69) is 41.8 Å². The van der Waals surface area contributed by atoms with Crippen molar-refractivity contribution in [3.63, 3.8) is 0 Å². The van der Waals surface area contributed by atoms with Gasteiger partial charge in [-0.25, -0.2) is 0 Å². The zero-order valence-corrected chi connectivity index (χ0v) is 9.98. The highest BCUT2D eigenvalue weighted by Crippen LogP contribution is 2.07. The van der Waals surface area contributed by atoms with Gasteiger partial charge in [0.2, 0.25) is 0 Å². The van der Waals surface area contributed by atoms with Crippen LogP contribution in [0, 0.1) is 13.8 Å². The van der Waals surface area contributed by atoms with Crippen LogP contribution in [0.1, 0.15) is 16.7 Å². The molecule has 1 aromatic rings. The topological polar surface area (TPSA) is 36.4 Å². The predicted octanol–water partition coefficient (Wildman–Crippen LogP) is 1.73. The van der Waals surface area contributed by atoms with Gasteiger partial charge in [0.25, 0.3) is 0 Å². The molecular weight excluding hydrogens is 206 g/mol. The SMILES string of the molecule is CNC(=S)N/N=C\c1ccc(C)cc1C. The molecule has 1 rings (SSSR count). The fourth-order valence-corrected chi connectivity index (χ4v) is 1.24. The standard InChI is InChI=1S/C11H15N3S/c1-8-4-5-10(9(2)6-8)7-13-14-11(15)12-3/h4-7H,1-3H3,(H2,12,14,15)/b13-7-. The third-order valence-corrected chi connectivity index (χ3v) is 2.32. The van der Waals surface area contributed by atoms with Crippen molar-refractivity contribution < 1.29 is 0 Å². The molecule has 4 heteroatoms. The number of hydrogen-bond acceptors (Lipinski definition) is 2. The molecule has 0 amide bonds. The van der Waals surface area contributed by atoms with Crippen LogP contribution in [-0.2, 0) is 0 Å².